The molecule has 0 atom stereocenters. The SMILES string of the molecule is Cc1ccc2c(c1)CCCO2.Cc1ccc2c(c1)OCCO2. The Kier molecular flexibility index (Phi) is 4.52. The smallest absolute Gasteiger partial charge is 0.161 e. The van der Waals surface area contributed by atoms with Crippen LogP contribution < -0.4 is 14.2 Å². The predicted molar refractivity (Wildman–Crippen MR) is 87.2 cm³/mol. The Morgan fingerprint density at radius 1 is 0.682 bits per heavy atom. The molecule has 0 aliphatic carbocycles. The Morgan fingerprint density at radius 3 is 2.14 bits per heavy atom. The van der Waals surface area contributed by atoms with E-state index in [1.165, 1.54) is 23.1 Å². The van der Waals surface area contributed by atoms with Gasteiger partial charge in [-0.25, -0.2) is 0 Å². The average Bonchev–Trinajstić information content (AvgIpc) is 2.55. The first kappa shape index (κ1) is 14.8. The highest BCUT2D eigenvalue weighted by molar-refractivity contribution is 5.43. The van der Waals surface area contributed by atoms with Gasteiger partial charge in [0.2, 0.25) is 0 Å². The molecule has 0 N–H and O–H groups in total. The maximum absolute atomic E-state index is 5.48. The van der Waals surface area contributed by atoms with E-state index in [0.29, 0.717) is 13.2 Å². The maximum Gasteiger partial charge on any atom is 0.161 e. The van der Waals surface area contributed by atoms with Crippen molar-refractivity contribution in [1.29, 1.82) is 0 Å². The quantitative estimate of drug-likeness (QED) is 0.733. The van der Waals surface area contributed by atoms with E-state index in [4.69, 9.17) is 14.2 Å². The standard InChI is InChI=1S/C10H12O.C9H10O2/c1-8-4-5-10-9(7-8)3-2-6-11-10;1-7-2-3-8-9(6-7)11-5-4-10-8/h4-5,7H,2-3,6H2,1H3;2-3,6H,4-5H2,1H3. The highest BCUT2D eigenvalue weighted by atomic mass is 16.6. The van der Waals surface area contributed by atoms with E-state index in [0.717, 1.165) is 30.3 Å². The summed E-state index contributed by atoms with van der Waals surface area (Å²) in [6, 6.07) is 12.4. The number of aryl methyl sites for hydroxylation is 3. The van der Waals surface area contributed by atoms with Crippen molar-refractivity contribution >= 4 is 0 Å². The molecule has 2 aliphatic rings. The monoisotopic (exact) mass is 298 g/mol. The highest BCUT2D eigenvalue weighted by Gasteiger charge is 2.10. The van der Waals surface area contributed by atoms with Crippen LogP contribution >= 0.6 is 0 Å². The third-order valence-electron chi connectivity index (χ3n) is 3.76. The zero-order valence-electron chi connectivity index (χ0n) is 13.2. The van der Waals surface area contributed by atoms with Crippen LogP contribution in [0.4, 0.5) is 0 Å². The molecular formula is C19H22O3. The normalized spacial score (nSPS) is 15.0. The first-order valence-electron chi connectivity index (χ1n) is 7.81. The summed E-state index contributed by atoms with van der Waals surface area (Å²) < 4.78 is 16.2. The number of fused-ring (bicyclic) bond motifs is 2. The summed E-state index contributed by atoms with van der Waals surface area (Å²) in [6.45, 7) is 6.37. The largest absolute Gasteiger partial charge is 0.493 e. The van der Waals surface area contributed by atoms with Gasteiger partial charge in [0.1, 0.15) is 19.0 Å². The number of rotatable bonds is 0. The van der Waals surface area contributed by atoms with Crippen molar-refractivity contribution in [2.24, 2.45) is 0 Å². The van der Waals surface area contributed by atoms with Crippen LogP contribution in [-0.4, -0.2) is 19.8 Å². The van der Waals surface area contributed by atoms with E-state index in [-0.39, 0.29) is 0 Å². The van der Waals surface area contributed by atoms with Crippen LogP contribution in [0, 0.1) is 13.8 Å². The molecule has 2 aromatic rings. The van der Waals surface area contributed by atoms with Crippen LogP contribution in [-0.2, 0) is 6.42 Å². The van der Waals surface area contributed by atoms with Crippen LogP contribution in [0.25, 0.3) is 0 Å². The number of hydrogen-bond acceptors (Lipinski definition) is 3. The number of benzene rings is 2. The molecule has 0 saturated heterocycles. The first-order valence-corrected chi connectivity index (χ1v) is 7.81. The summed E-state index contributed by atoms with van der Waals surface area (Å²) in [5.41, 5.74) is 3.90. The summed E-state index contributed by atoms with van der Waals surface area (Å²) in [4.78, 5) is 0. The van der Waals surface area contributed by atoms with Gasteiger partial charge in [0.25, 0.3) is 0 Å². The van der Waals surface area contributed by atoms with Crippen LogP contribution in [0.5, 0.6) is 17.2 Å². The van der Waals surface area contributed by atoms with Gasteiger partial charge in [0, 0.05) is 0 Å². The lowest BCUT2D eigenvalue weighted by atomic mass is 10.0. The van der Waals surface area contributed by atoms with E-state index >= 15 is 0 Å². The van der Waals surface area contributed by atoms with Crippen molar-refractivity contribution in [3.8, 4) is 17.2 Å². The Morgan fingerprint density at radius 2 is 1.32 bits per heavy atom. The van der Waals surface area contributed by atoms with Gasteiger partial charge in [-0.15, -0.1) is 0 Å². The fraction of sp³-hybridized carbons (Fsp3) is 0.368. The fourth-order valence-electron chi connectivity index (χ4n) is 2.64. The minimum absolute atomic E-state index is 0.663. The zero-order valence-corrected chi connectivity index (χ0v) is 13.2. The van der Waals surface area contributed by atoms with Gasteiger partial charge in [-0.05, 0) is 56.0 Å². The van der Waals surface area contributed by atoms with Crippen LogP contribution in [0.2, 0.25) is 0 Å². The molecule has 4 rings (SSSR count). The van der Waals surface area contributed by atoms with Crippen LogP contribution in [0.3, 0.4) is 0 Å². The van der Waals surface area contributed by atoms with Crippen molar-refractivity contribution < 1.29 is 14.2 Å². The summed E-state index contributed by atoms with van der Waals surface area (Å²) >= 11 is 0. The second-order valence-electron chi connectivity index (χ2n) is 5.71. The molecule has 0 amide bonds. The summed E-state index contributed by atoms with van der Waals surface area (Å²) in [5, 5.41) is 0. The highest BCUT2D eigenvalue weighted by Crippen LogP contribution is 2.30. The molecular weight excluding hydrogens is 276 g/mol. The lowest BCUT2D eigenvalue weighted by Crippen LogP contribution is -2.15. The van der Waals surface area contributed by atoms with Crippen LogP contribution in [0.1, 0.15) is 23.1 Å². The Labute approximate surface area is 131 Å². The lowest BCUT2D eigenvalue weighted by molar-refractivity contribution is 0.171. The van der Waals surface area contributed by atoms with Gasteiger partial charge in [0.05, 0.1) is 6.61 Å². The molecule has 3 heteroatoms. The summed E-state index contributed by atoms with van der Waals surface area (Å²) in [6.07, 6.45) is 2.34. The van der Waals surface area contributed by atoms with Crippen molar-refractivity contribution in [3.05, 3.63) is 53.1 Å². The first-order chi connectivity index (χ1) is 10.7. The van der Waals surface area contributed by atoms with Gasteiger partial charge >= 0.3 is 0 Å². The molecule has 116 valence electrons. The molecule has 2 aliphatic heterocycles. The second kappa shape index (κ2) is 6.73. The second-order valence-corrected chi connectivity index (χ2v) is 5.71. The maximum atomic E-state index is 5.48. The summed E-state index contributed by atoms with van der Waals surface area (Å²) in [7, 11) is 0. The minimum atomic E-state index is 0.663. The zero-order chi connectivity index (χ0) is 15.4. The molecule has 0 aromatic heterocycles. The van der Waals surface area contributed by atoms with E-state index in [1.807, 2.05) is 25.1 Å². The van der Waals surface area contributed by atoms with Gasteiger partial charge in [0.15, 0.2) is 11.5 Å². The molecule has 2 heterocycles. The van der Waals surface area contributed by atoms with Crippen LogP contribution in [0.15, 0.2) is 36.4 Å². The fourth-order valence-corrected chi connectivity index (χ4v) is 2.64. The van der Waals surface area contributed by atoms with E-state index in [9.17, 15) is 0 Å². The molecule has 0 radical (unpaired) electrons. The van der Waals surface area contributed by atoms with E-state index < -0.39 is 0 Å². The Bertz CT molecular complexity index is 592. The van der Waals surface area contributed by atoms with Crippen molar-refractivity contribution in [1.82, 2.24) is 0 Å². The minimum Gasteiger partial charge on any atom is -0.493 e. The molecule has 22 heavy (non-hydrogen) atoms. The van der Waals surface area contributed by atoms with Gasteiger partial charge in [-0.3, -0.25) is 0 Å². The Balaban J connectivity index is 0.000000131. The third kappa shape index (κ3) is 3.53. The third-order valence-corrected chi connectivity index (χ3v) is 3.76. The number of hydrogen-bond donors (Lipinski definition) is 0. The molecule has 0 unspecified atom stereocenters. The molecule has 2 aromatic carbocycles. The van der Waals surface area contributed by atoms with Crippen molar-refractivity contribution in [2.45, 2.75) is 26.7 Å². The van der Waals surface area contributed by atoms with Gasteiger partial charge in [-0.1, -0.05) is 23.8 Å². The van der Waals surface area contributed by atoms with E-state index in [2.05, 4.69) is 25.1 Å². The van der Waals surface area contributed by atoms with Gasteiger partial charge < -0.3 is 14.2 Å². The Hall–Kier alpha value is -2.16. The van der Waals surface area contributed by atoms with Gasteiger partial charge in [-0.2, -0.15) is 0 Å². The molecule has 0 spiro atoms. The molecule has 0 bridgehead atoms. The van der Waals surface area contributed by atoms with Crippen molar-refractivity contribution in [3.63, 3.8) is 0 Å². The van der Waals surface area contributed by atoms with Crippen molar-refractivity contribution in [2.75, 3.05) is 19.8 Å². The lowest BCUT2D eigenvalue weighted by Gasteiger charge is -2.18. The topological polar surface area (TPSA) is 27.7 Å². The predicted octanol–water partition coefficient (Wildman–Crippen LogP) is 4.09. The number of ether oxygens (including phenoxy) is 3. The summed E-state index contributed by atoms with van der Waals surface area (Å²) in [5.74, 6) is 2.82. The molecule has 0 fully saturated rings. The molecule has 0 saturated carbocycles. The average molecular weight is 298 g/mol. The molecule has 3 nitrogen and oxygen atoms in total. The van der Waals surface area contributed by atoms with E-state index in [1.54, 1.807) is 0 Å².